The van der Waals surface area contributed by atoms with Crippen molar-refractivity contribution < 1.29 is 4.74 Å². The molecule has 0 spiro atoms. The average Bonchev–Trinajstić information content (AvgIpc) is 1.97. The quantitative estimate of drug-likeness (QED) is 0.497. The summed E-state index contributed by atoms with van der Waals surface area (Å²) in [6, 6.07) is 0. The molecule has 0 aliphatic rings. The molecule has 60 valence electrons. The first kappa shape index (κ1) is 10.2. The van der Waals surface area contributed by atoms with Crippen LogP contribution in [0.25, 0.3) is 0 Å². The van der Waals surface area contributed by atoms with E-state index < -0.39 is 0 Å². The van der Waals surface area contributed by atoms with E-state index in [1.807, 2.05) is 6.92 Å². The summed E-state index contributed by atoms with van der Waals surface area (Å²) in [6.07, 6.45) is 3.29. The Kier molecular flexibility index (Phi) is 7.42. The van der Waals surface area contributed by atoms with Crippen LogP contribution in [0.2, 0.25) is 0 Å². The molecular weight excluding hydrogens is 192 g/mol. The second-order valence-corrected chi connectivity index (χ2v) is 2.96. The van der Waals surface area contributed by atoms with Crippen molar-refractivity contribution in [2.45, 2.75) is 20.3 Å². The molecule has 0 aliphatic carbocycles. The van der Waals surface area contributed by atoms with Gasteiger partial charge >= 0.3 is 0 Å². The monoisotopic (exact) mass is 206 g/mol. The van der Waals surface area contributed by atoms with Crippen LogP contribution in [-0.4, -0.2) is 18.5 Å². The lowest BCUT2D eigenvalue weighted by molar-refractivity contribution is 0.170. The minimum absolute atomic E-state index is 0.781. The summed E-state index contributed by atoms with van der Waals surface area (Å²) in [6.45, 7) is 5.69. The van der Waals surface area contributed by atoms with E-state index in [1.165, 1.54) is 5.57 Å². The van der Waals surface area contributed by atoms with E-state index in [-0.39, 0.29) is 0 Å². The fourth-order valence-corrected chi connectivity index (χ4v) is 0.852. The second-order valence-electron chi connectivity index (χ2n) is 2.17. The lowest BCUT2D eigenvalue weighted by Gasteiger charge is -1.99. The number of hydrogen-bond donors (Lipinski definition) is 0. The van der Waals surface area contributed by atoms with Gasteiger partial charge in [-0.2, -0.15) is 0 Å². The van der Waals surface area contributed by atoms with Crippen LogP contribution in [0, 0.1) is 0 Å². The Bertz CT molecular complexity index is 99.4. The number of allylic oxidation sites excluding steroid dienone is 1. The fourth-order valence-electron chi connectivity index (χ4n) is 0.623. The van der Waals surface area contributed by atoms with E-state index in [1.54, 1.807) is 0 Å². The molecule has 0 atom stereocenters. The molecule has 1 nitrogen and oxygen atoms in total. The molecule has 0 N–H and O–H groups in total. The van der Waals surface area contributed by atoms with Gasteiger partial charge in [-0.15, -0.1) is 0 Å². The minimum Gasteiger partial charge on any atom is -0.377 e. The van der Waals surface area contributed by atoms with Crippen LogP contribution in [0.3, 0.4) is 0 Å². The van der Waals surface area contributed by atoms with Gasteiger partial charge in [-0.3, -0.25) is 0 Å². The maximum atomic E-state index is 5.21. The van der Waals surface area contributed by atoms with Crippen LogP contribution >= 0.6 is 15.9 Å². The summed E-state index contributed by atoms with van der Waals surface area (Å²) >= 11 is 3.36. The molecular formula is C8H15BrO. The lowest BCUT2D eigenvalue weighted by atomic mass is 10.3. The Balaban J connectivity index is 3.30. The maximum Gasteiger partial charge on any atom is 0.0673 e. The highest BCUT2D eigenvalue weighted by molar-refractivity contribution is 9.09. The normalized spacial score (nSPS) is 12.1. The van der Waals surface area contributed by atoms with Crippen molar-refractivity contribution in [1.82, 2.24) is 0 Å². The molecule has 10 heavy (non-hydrogen) atoms. The first-order valence-electron chi connectivity index (χ1n) is 3.60. The maximum absolute atomic E-state index is 5.21. The van der Waals surface area contributed by atoms with E-state index in [4.69, 9.17) is 4.74 Å². The predicted molar refractivity (Wildman–Crippen MR) is 48.7 cm³/mol. The van der Waals surface area contributed by atoms with Gasteiger partial charge < -0.3 is 4.74 Å². The Morgan fingerprint density at radius 3 is 2.80 bits per heavy atom. The van der Waals surface area contributed by atoms with Gasteiger partial charge in [0.2, 0.25) is 0 Å². The molecule has 0 aromatic rings. The van der Waals surface area contributed by atoms with Gasteiger partial charge in [0.15, 0.2) is 0 Å². The van der Waals surface area contributed by atoms with E-state index in [0.717, 1.165) is 25.0 Å². The number of ether oxygens (including phenoxy) is 1. The number of hydrogen-bond acceptors (Lipinski definition) is 1. The van der Waals surface area contributed by atoms with Crippen LogP contribution < -0.4 is 0 Å². The molecule has 0 aliphatic heterocycles. The van der Waals surface area contributed by atoms with E-state index >= 15 is 0 Å². The van der Waals surface area contributed by atoms with E-state index in [2.05, 4.69) is 28.9 Å². The van der Waals surface area contributed by atoms with Crippen LogP contribution in [0.15, 0.2) is 11.6 Å². The molecule has 0 fully saturated rings. The van der Waals surface area contributed by atoms with Crippen LogP contribution in [0.5, 0.6) is 0 Å². The van der Waals surface area contributed by atoms with Crippen molar-refractivity contribution in [3.63, 3.8) is 0 Å². The van der Waals surface area contributed by atoms with Crippen molar-refractivity contribution in [3.05, 3.63) is 11.6 Å². The summed E-state index contributed by atoms with van der Waals surface area (Å²) in [5.41, 5.74) is 1.32. The third-order valence-corrected chi connectivity index (χ3v) is 1.59. The summed E-state index contributed by atoms with van der Waals surface area (Å²) in [4.78, 5) is 0. The summed E-state index contributed by atoms with van der Waals surface area (Å²) in [5, 5.41) is 1.04. The molecule has 0 saturated carbocycles. The molecule has 0 heterocycles. The van der Waals surface area contributed by atoms with Gasteiger partial charge in [0.1, 0.15) is 0 Å². The smallest absolute Gasteiger partial charge is 0.0673 e. The summed E-state index contributed by atoms with van der Waals surface area (Å²) in [5.74, 6) is 0. The molecule has 0 rings (SSSR count). The fraction of sp³-hybridized carbons (Fsp3) is 0.750. The standard InChI is InChI=1S/C8H15BrO/c1-3-10-7-8(2)5-4-6-9/h5H,3-4,6-7H2,1-2H3. The van der Waals surface area contributed by atoms with Crippen molar-refractivity contribution >= 4 is 15.9 Å². The first-order valence-corrected chi connectivity index (χ1v) is 4.72. The molecule has 0 bridgehead atoms. The van der Waals surface area contributed by atoms with Crippen molar-refractivity contribution in [1.29, 1.82) is 0 Å². The topological polar surface area (TPSA) is 9.23 Å². The third-order valence-electron chi connectivity index (χ3n) is 1.14. The molecule has 0 radical (unpaired) electrons. The van der Waals surface area contributed by atoms with Gasteiger partial charge in [0.25, 0.3) is 0 Å². The third kappa shape index (κ3) is 6.30. The van der Waals surface area contributed by atoms with Crippen LogP contribution in [0.1, 0.15) is 20.3 Å². The van der Waals surface area contributed by atoms with Gasteiger partial charge in [-0.25, -0.2) is 0 Å². The highest BCUT2D eigenvalue weighted by atomic mass is 79.9. The Labute approximate surface area is 71.6 Å². The van der Waals surface area contributed by atoms with Gasteiger partial charge in [-0.1, -0.05) is 27.6 Å². The molecule has 0 unspecified atom stereocenters. The molecule has 0 aromatic carbocycles. The Morgan fingerprint density at radius 2 is 2.30 bits per heavy atom. The Morgan fingerprint density at radius 1 is 1.60 bits per heavy atom. The zero-order valence-corrected chi connectivity index (χ0v) is 8.28. The van der Waals surface area contributed by atoms with Crippen molar-refractivity contribution in [2.24, 2.45) is 0 Å². The lowest BCUT2D eigenvalue weighted by Crippen LogP contribution is -1.94. The van der Waals surface area contributed by atoms with Crippen LogP contribution in [0.4, 0.5) is 0 Å². The predicted octanol–water partition coefficient (Wildman–Crippen LogP) is 2.75. The molecule has 0 aromatic heterocycles. The zero-order chi connectivity index (χ0) is 7.82. The van der Waals surface area contributed by atoms with Gasteiger partial charge in [0.05, 0.1) is 6.61 Å². The van der Waals surface area contributed by atoms with Gasteiger partial charge in [-0.05, 0) is 20.3 Å². The Hall–Kier alpha value is 0.180. The minimum atomic E-state index is 0.781. The molecule has 2 heteroatoms. The zero-order valence-electron chi connectivity index (χ0n) is 6.69. The van der Waals surface area contributed by atoms with Crippen LogP contribution in [-0.2, 0) is 4.74 Å². The SMILES string of the molecule is CCOCC(C)=CCCBr. The first-order chi connectivity index (χ1) is 4.81. The highest BCUT2D eigenvalue weighted by Gasteiger charge is 1.86. The number of alkyl halides is 1. The molecule has 0 amide bonds. The summed E-state index contributed by atoms with van der Waals surface area (Å²) < 4.78 is 5.21. The summed E-state index contributed by atoms with van der Waals surface area (Å²) in [7, 11) is 0. The highest BCUT2D eigenvalue weighted by Crippen LogP contribution is 1.97. The number of rotatable bonds is 5. The second kappa shape index (κ2) is 7.29. The number of halogens is 1. The van der Waals surface area contributed by atoms with E-state index in [0.29, 0.717) is 0 Å². The van der Waals surface area contributed by atoms with Crippen molar-refractivity contribution in [2.75, 3.05) is 18.5 Å². The largest absolute Gasteiger partial charge is 0.377 e. The van der Waals surface area contributed by atoms with E-state index in [9.17, 15) is 0 Å². The molecule has 0 saturated heterocycles. The van der Waals surface area contributed by atoms with Crippen molar-refractivity contribution in [3.8, 4) is 0 Å². The average molecular weight is 207 g/mol. The van der Waals surface area contributed by atoms with Gasteiger partial charge in [0, 0.05) is 11.9 Å².